The Balaban J connectivity index is 1.26. The van der Waals surface area contributed by atoms with Crippen LogP contribution in [0, 0.1) is 6.92 Å². The summed E-state index contributed by atoms with van der Waals surface area (Å²) in [5.74, 6) is 0. The summed E-state index contributed by atoms with van der Waals surface area (Å²) in [7, 11) is 0. The molecule has 0 atom stereocenters. The number of likely N-dealkylation sites (tertiary alicyclic amines) is 1. The molecule has 28 heavy (non-hydrogen) atoms. The summed E-state index contributed by atoms with van der Waals surface area (Å²) in [5.41, 5.74) is 7.12. The van der Waals surface area contributed by atoms with Gasteiger partial charge in [-0.05, 0) is 31.5 Å². The summed E-state index contributed by atoms with van der Waals surface area (Å²) >= 11 is 0. The normalized spacial score (nSPS) is 17.9. The fourth-order valence-corrected chi connectivity index (χ4v) is 4.83. The van der Waals surface area contributed by atoms with E-state index in [1.54, 1.807) is 6.33 Å². The molecule has 0 unspecified atom stereocenters. The maximum atomic E-state index is 4.90. The summed E-state index contributed by atoms with van der Waals surface area (Å²) in [4.78, 5) is 14.7. The average molecular weight is 370 g/mol. The van der Waals surface area contributed by atoms with Crippen molar-refractivity contribution in [2.75, 3.05) is 13.1 Å². The number of rotatable bonds is 3. The summed E-state index contributed by atoms with van der Waals surface area (Å²) in [6, 6.07) is 12.7. The Morgan fingerprint density at radius 2 is 2.04 bits per heavy atom. The summed E-state index contributed by atoms with van der Waals surface area (Å²) in [5, 5.41) is 6.06. The van der Waals surface area contributed by atoms with Crippen molar-refractivity contribution < 1.29 is 0 Å². The molecule has 4 aromatic rings. The number of fused-ring (bicyclic) bond motifs is 3. The van der Waals surface area contributed by atoms with Gasteiger partial charge < -0.3 is 4.98 Å². The van der Waals surface area contributed by atoms with Crippen LogP contribution in [0.2, 0.25) is 0 Å². The van der Waals surface area contributed by atoms with Crippen molar-refractivity contribution >= 4 is 10.9 Å². The number of aryl methyl sites for hydroxylation is 2. The highest BCUT2D eigenvalue weighted by Gasteiger charge is 2.49. The van der Waals surface area contributed by atoms with Crippen LogP contribution < -0.4 is 0 Å². The first-order valence-electron chi connectivity index (χ1n) is 9.85. The maximum Gasteiger partial charge on any atom is 0.0942 e. The minimum Gasteiger partial charge on any atom is -0.347 e. The van der Waals surface area contributed by atoms with Gasteiger partial charge in [0.05, 0.1) is 28.9 Å². The topological polar surface area (TPSA) is 62.6 Å². The Morgan fingerprint density at radius 3 is 2.89 bits per heavy atom. The standard InChI is InChI=1S/C22H22N6/c1-15-20(25-14-24-15)11-27-12-22(13-27)6-7-28-21(22)9-19(26-28)17-8-16-4-2-3-5-18(16)23-10-17/h2-5,8-10,14H,6-7,11-13H2,1H3,(H,24,25). The second-order valence-corrected chi connectivity index (χ2v) is 8.20. The highest BCUT2D eigenvalue weighted by molar-refractivity contribution is 5.82. The third-order valence-electron chi connectivity index (χ3n) is 6.38. The van der Waals surface area contributed by atoms with Crippen molar-refractivity contribution in [3.8, 4) is 11.3 Å². The number of hydrogen-bond acceptors (Lipinski definition) is 4. The van der Waals surface area contributed by atoms with Crippen molar-refractivity contribution in [3.05, 3.63) is 66.0 Å². The van der Waals surface area contributed by atoms with Crippen molar-refractivity contribution in [1.29, 1.82) is 0 Å². The Bertz CT molecular complexity index is 1180. The van der Waals surface area contributed by atoms with Gasteiger partial charge in [0.2, 0.25) is 0 Å². The SMILES string of the molecule is Cc1nc[nH]c1CN1CC2(CCn3nc(-c4cnc5ccccc5c4)cc32)C1. The lowest BCUT2D eigenvalue weighted by atomic mass is 9.75. The summed E-state index contributed by atoms with van der Waals surface area (Å²) in [6.07, 6.45) is 4.92. The minimum atomic E-state index is 0.253. The number of benzene rings is 1. The number of hydrogen-bond donors (Lipinski definition) is 1. The Kier molecular flexibility index (Phi) is 3.29. The van der Waals surface area contributed by atoms with E-state index in [1.165, 1.54) is 17.8 Å². The first-order chi connectivity index (χ1) is 13.7. The quantitative estimate of drug-likeness (QED) is 0.601. The number of H-pyrrole nitrogens is 1. The lowest BCUT2D eigenvalue weighted by molar-refractivity contribution is 0.0569. The highest BCUT2D eigenvalue weighted by atomic mass is 15.3. The number of nitrogens with zero attached hydrogens (tertiary/aromatic N) is 5. The molecular formula is C22H22N6. The lowest BCUT2D eigenvalue weighted by Gasteiger charge is -2.47. The Hall–Kier alpha value is -2.99. The van der Waals surface area contributed by atoms with E-state index in [0.717, 1.165) is 54.0 Å². The number of para-hydroxylation sites is 1. The van der Waals surface area contributed by atoms with Crippen LogP contribution in [-0.2, 0) is 18.5 Å². The maximum absolute atomic E-state index is 4.90. The second-order valence-electron chi connectivity index (χ2n) is 8.20. The zero-order valence-corrected chi connectivity index (χ0v) is 15.9. The highest BCUT2D eigenvalue weighted by Crippen LogP contribution is 2.44. The lowest BCUT2D eigenvalue weighted by Crippen LogP contribution is -2.57. The van der Waals surface area contributed by atoms with Gasteiger partial charge in [0.1, 0.15) is 0 Å². The van der Waals surface area contributed by atoms with E-state index < -0.39 is 0 Å². The van der Waals surface area contributed by atoms with Crippen molar-refractivity contribution in [1.82, 2.24) is 29.6 Å². The van der Waals surface area contributed by atoms with E-state index in [1.807, 2.05) is 18.3 Å². The van der Waals surface area contributed by atoms with E-state index in [9.17, 15) is 0 Å². The van der Waals surface area contributed by atoms with Crippen LogP contribution in [0.1, 0.15) is 23.5 Å². The number of nitrogens with one attached hydrogen (secondary N) is 1. The average Bonchev–Trinajstić information content (AvgIpc) is 3.37. The summed E-state index contributed by atoms with van der Waals surface area (Å²) in [6.45, 7) is 6.20. The van der Waals surface area contributed by atoms with Crippen LogP contribution in [0.4, 0.5) is 0 Å². The minimum absolute atomic E-state index is 0.253. The molecule has 1 spiro atoms. The third-order valence-corrected chi connectivity index (χ3v) is 6.38. The molecule has 1 fully saturated rings. The molecule has 2 aliphatic rings. The summed E-state index contributed by atoms with van der Waals surface area (Å²) < 4.78 is 2.21. The largest absolute Gasteiger partial charge is 0.347 e. The molecule has 0 amide bonds. The van der Waals surface area contributed by atoms with Gasteiger partial charge in [0.15, 0.2) is 0 Å². The molecule has 140 valence electrons. The van der Waals surface area contributed by atoms with Gasteiger partial charge in [-0.3, -0.25) is 14.6 Å². The van der Waals surface area contributed by atoms with Crippen LogP contribution in [-0.4, -0.2) is 42.7 Å². The van der Waals surface area contributed by atoms with Gasteiger partial charge >= 0.3 is 0 Å². The molecule has 0 aliphatic carbocycles. The zero-order chi connectivity index (χ0) is 18.7. The first-order valence-corrected chi connectivity index (χ1v) is 9.85. The first kappa shape index (κ1) is 16.0. The van der Waals surface area contributed by atoms with E-state index in [4.69, 9.17) is 5.10 Å². The van der Waals surface area contributed by atoms with E-state index in [2.05, 4.69) is 55.7 Å². The third kappa shape index (κ3) is 2.34. The predicted octanol–water partition coefficient (Wildman–Crippen LogP) is 3.29. The zero-order valence-electron chi connectivity index (χ0n) is 15.9. The van der Waals surface area contributed by atoms with Gasteiger partial charge in [-0.1, -0.05) is 18.2 Å². The molecule has 1 saturated heterocycles. The fourth-order valence-electron chi connectivity index (χ4n) is 4.83. The number of imidazole rings is 1. The smallest absolute Gasteiger partial charge is 0.0942 e. The number of aromatic amines is 1. The molecule has 2 aliphatic heterocycles. The van der Waals surface area contributed by atoms with Gasteiger partial charge in [-0.15, -0.1) is 0 Å². The molecule has 1 aromatic carbocycles. The predicted molar refractivity (Wildman–Crippen MR) is 108 cm³/mol. The van der Waals surface area contributed by atoms with E-state index >= 15 is 0 Å². The second kappa shape index (κ2) is 5.75. The van der Waals surface area contributed by atoms with Crippen LogP contribution in [0.15, 0.2) is 48.9 Å². The molecular weight excluding hydrogens is 348 g/mol. The molecule has 0 radical (unpaired) electrons. The molecule has 6 nitrogen and oxygen atoms in total. The Morgan fingerprint density at radius 1 is 1.14 bits per heavy atom. The monoisotopic (exact) mass is 370 g/mol. The van der Waals surface area contributed by atoms with Gasteiger partial charge in [-0.25, -0.2) is 4.98 Å². The van der Waals surface area contributed by atoms with Crippen molar-refractivity contribution in [3.63, 3.8) is 0 Å². The van der Waals surface area contributed by atoms with Crippen LogP contribution in [0.5, 0.6) is 0 Å². The molecule has 0 saturated carbocycles. The van der Waals surface area contributed by atoms with Crippen LogP contribution in [0.25, 0.3) is 22.2 Å². The van der Waals surface area contributed by atoms with Gasteiger partial charge in [-0.2, -0.15) is 5.10 Å². The van der Waals surface area contributed by atoms with E-state index in [-0.39, 0.29) is 5.41 Å². The molecule has 3 aromatic heterocycles. The molecule has 5 heterocycles. The van der Waals surface area contributed by atoms with Crippen molar-refractivity contribution in [2.24, 2.45) is 0 Å². The molecule has 1 N–H and O–H groups in total. The van der Waals surface area contributed by atoms with Crippen LogP contribution in [0.3, 0.4) is 0 Å². The molecule has 6 rings (SSSR count). The van der Waals surface area contributed by atoms with Gasteiger partial charge in [0, 0.05) is 54.4 Å². The van der Waals surface area contributed by atoms with Crippen LogP contribution >= 0.6 is 0 Å². The molecule has 0 bridgehead atoms. The van der Waals surface area contributed by atoms with Gasteiger partial charge in [0.25, 0.3) is 0 Å². The van der Waals surface area contributed by atoms with Crippen molar-refractivity contribution in [2.45, 2.75) is 31.8 Å². The number of aromatic nitrogens is 5. The fraction of sp³-hybridized carbons (Fsp3) is 0.318. The van der Waals surface area contributed by atoms with E-state index in [0.29, 0.717) is 0 Å². The Labute approximate surface area is 163 Å². The molecule has 6 heteroatoms. The number of pyridine rings is 1.